The number of carboxylic acids is 1. The van der Waals surface area contributed by atoms with Gasteiger partial charge in [-0.25, -0.2) is 0 Å². The lowest BCUT2D eigenvalue weighted by Gasteiger charge is -2.22. The smallest absolute Gasteiger partial charge is 0.304 e. The van der Waals surface area contributed by atoms with E-state index in [2.05, 4.69) is 42.8 Å². The molecule has 2 aromatic rings. The highest BCUT2D eigenvalue weighted by Crippen LogP contribution is 2.35. The van der Waals surface area contributed by atoms with Crippen molar-refractivity contribution < 1.29 is 9.90 Å². The Morgan fingerprint density at radius 1 is 1.35 bits per heavy atom. The van der Waals surface area contributed by atoms with Gasteiger partial charge in [0.25, 0.3) is 0 Å². The molecule has 0 spiro atoms. The Bertz CT molecular complexity index is 650. The average molecular weight is 273 g/mol. The molecule has 1 N–H and O–H groups in total. The fourth-order valence-electron chi connectivity index (χ4n) is 2.78. The van der Waals surface area contributed by atoms with Gasteiger partial charge in [-0.3, -0.25) is 4.79 Å². The lowest BCUT2D eigenvalue weighted by atomic mass is 9.81. The normalized spacial score (nSPS) is 12.3. The van der Waals surface area contributed by atoms with Gasteiger partial charge in [0.2, 0.25) is 0 Å². The first-order valence-electron chi connectivity index (χ1n) is 7.03. The zero-order chi connectivity index (χ0) is 15.1. The van der Waals surface area contributed by atoms with Gasteiger partial charge in [0.1, 0.15) is 0 Å². The summed E-state index contributed by atoms with van der Waals surface area (Å²) in [5.74, 6) is -0.290. The Morgan fingerprint density at radius 2 is 2.00 bits per heavy atom. The van der Waals surface area contributed by atoms with Gasteiger partial charge in [-0.2, -0.15) is 0 Å². The van der Waals surface area contributed by atoms with Crippen LogP contribution in [0.5, 0.6) is 0 Å². The monoisotopic (exact) mass is 273 g/mol. The van der Waals surface area contributed by atoms with E-state index in [1.165, 1.54) is 10.9 Å². The molecule has 0 saturated heterocycles. The van der Waals surface area contributed by atoms with Gasteiger partial charge in [0.05, 0.1) is 6.42 Å². The molecule has 0 aliphatic heterocycles. The Kier molecular flexibility index (Phi) is 3.63. The Labute approximate surface area is 120 Å². The summed E-state index contributed by atoms with van der Waals surface area (Å²) in [6.45, 7) is 8.34. The highest BCUT2D eigenvalue weighted by Gasteiger charge is 2.27. The van der Waals surface area contributed by atoms with E-state index in [4.69, 9.17) is 5.11 Å². The molecule has 0 amide bonds. The van der Waals surface area contributed by atoms with Crippen LogP contribution < -0.4 is 0 Å². The van der Waals surface area contributed by atoms with E-state index in [0.717, 1.165) is 11.1 Å². The van der Waals surface area contributed by atoms with Crippen LogP contribution in [0.15, 0.2) is 24.4 Å². The van der Waals surface area contributed by atoms with Crippen molar-refractivity contribution in [3.05, 3.63) is 35.5 Å². The van der Waals surface area contributed by atoms with Crippen LogP contribution in [-0.4, -0.2) is 15.6 Å². The summed E-state index contributed by atoms with van der Waals surface area (Å²) in [6, 6.07) is 6.49. The molecule has 1 aromatic heterocycles. The van der Waals surface area contributed by atoms with Crippen molar-refractivity contribution in [2.75, 3.05) is 0 Å². The van der Waals surface area contributed by atoms with Gasteiger partial charge in [0, 0.05) is 29.6 Å². The molecule has 3 nitrogen and oxygen atoms in total. The molecule has 0 aliphatic carbocycles. The average Bonchev–Trinajstić information content (AvgIpc) is 2.65. The SMILES string of the molecule is CC(C)c1ccc2c(c1)c(C(C)(C)CC(=O)O)cn2C. The summed E-state index contributed by atoms with van der Waals surface area (Å²) in [5, 5.41) is 10.3. The van der Waals surface area contributed by atoms with Crippen molar-refractivity contribution in [1.82, 2.24) is 4.57 Å². The van der Waals surface area contributed by atoms with Gasteiger partial charge in [0.15, 0.2) is 0 Å². The van der Waals surface area contributed by atoms with E-state index in [9.17, 15) is 4.79 Å². The second-order valence-corrected chi connectivity index (χ2v) is 6.54. The van der Waals surface area contributed by atoms with Crippen molar-refractivity contribution in [3.63, 3.8) is 0 Å². The summed E-state index contributed by atoms with van der Waals surface area (Å²) < 4.78 is 2.08. The molecule has 108 valence electrons. The van der Waals surface area contributed by atoms with Crippen molar-refractivity contribution in [3.8, 4) is 0 Å². The molecule has 0 saturated carbocycles. The third-order valence-electron chi connectivity index (χ3n) is 4.00. The van der Waals surface area contributed by atoms with Crippen LogP contribution >= 0.6 is 0 Å². The fraction of sp³-hybridized carbons (Fsp3) is 0.471. The highest BCUT2D eigenvalue weighted by molar-refractivity contribution is 5.86. The van der Waals surface area contributed by atoms with Crippen molar-refractivity contribution >= 4 is 16.9 Å². The van der Waals surface area contributed by atoms with E-state index in [1.807, 2.05) is 20.9 Å². The van der Waals surface area contributed by atoms with Gasteiger partial charge in [-0.15, -0.1) is 0 Å². The molecule has 0 radical (unpaired) electrons. The van der Waals surface area contributed by atoms with Crippen LogP contribution in [0.2, 0.25) is 0 Å². The molecule has 20 heavy (non-hydrogen) atoms. The minimum Gasteiger partial charge on any atom is -0.481 e. The number of aromatic nitrogens is 1. The largest absolute Gasteiger partial charge is 0.481 e. The van der Waals surface area contributed by atoms with Crippen LogP contribution in [0.1, 0.15) is 51.2 Å². The summed E-state index contributed by atoms with van der Waals surface area (Å²) in [6.07, 6.45) is 2.20. The van der Waals surface area contributed by atoms with Crippen LogP contribution in [0.25, 0.3) is 10.9 Å². The maximum Gasteiger partial charge on any atom is 0.304 e. The minimum atomic E-state index is -0.757. The van der Waals surface area contributed by atoms with Crippen LogP contribution in [0.4, 0.5) is 0 Å². The number of carboxylic acid groups (broad SMARTS) is 1. The van der Waals surface area contributed by atoms with Crippen LogP contribution in [0, 0.1) is 0 Å². The Morgan fingerprint density at radius 3 is 2.55 bits per heavy atom. The van der Waals surface area contributed by atoms with E-state index in [-0.39, 0.29) is 11.8 Å². The maximum atomic E-state index is 11.1. The van der Waals surface area contributed by atoms with E-state index < -0.39 is 5.97 Å². The minimum absolute atomic E-state index is 0.137. The number of fused-ring (bicyclic) bond motifs is 1. The second kappa shape index (κ2) is 4.97. The zero-order valence-electron chi connectivity index (χ0n) is 12.9. The Balaban J connectivity index is 2.63. The second-order valence-electron chi connectivity index (χ2n) is 6.54. The van der Waals surface area contributed by atoms with Crippen molar-refractivity contribution in [2.24, 2.45) is 7.05 Å². The molecule has 1 aromatic carbocycles. The topological polar surface area (TPSA) is 42.2 Å². The number of hydrogen-bond donors (Lipinski definition) is 1. The molecular formula is C17H23NO2. The van der Waals surface area contributed by atoms with Gasteiger partial charge in [-0.05, 0) is 29.2 Å². The molecule has 0 aliphatic rings. The molecule has 0 fully saturated rings. The van der Waals surface area contributed by atoms with Crippen molar-refractivity contribution in [1.29, 1.82) is 0 Å². The molecule has 3 heteroatoms. The van der Waals surface area contributed by atoms with E-state index >= 15 is 0 Å². The van der Waals surface area contributed by atoms with E-state index in [1.54, 1.807) is 0 Å². The predicted octanol–water partition coefficient (Wildman–Crippen LogP) is 4.05. The van der Waals surface area contributed by atoms with E-state index in [0.29, 0.717) is 5.92 Å². The van der Waals surface area contributed by atoms with Crippen LogP contribution in [-0.2, 0) is 17.3 Å². The first-order valence-corrected chi connectivity index (χ1v) is 7.03. The van der Waals surface area contributed by atoms with Crippen molar-refractivity contribution in [2.45, 2.75) is 45.4 Å². The molecular weight excluding hydrogens is 250 g/mol. The number of carbonyl (C=O) groups is 1. The van der Waals surface area contributed by atoms with Crippen LogP contribution in [0.3, 0.4) is 0 Å². The molecule has 0 atom stereocenters. The zero-order valence-corrected chi connectivity index (χ0v) is 12.9. The molecule has 0 bridgehead atoms. The summed E-state index contributed by atoms with van der Waals surface area (Å²) in [5.41, 5.74) is 3.18. The standard InChI is InChI=1S/C17H23NO2/c1-11(2)12-6-7-15-13(8-12)14(10-18(15)5)17(3,4)9-16(19)20/h6-8,10-11H,9H2,1-5H3,(H,19,20). The Hall–Kier alpha value is -1.77. The lowest BCUT2D eigenvalue weighted by molar-refractivity contribution is -0.138. The molecule has 2 rings (SSSR count). The number of nitrogens with zero attached hydrogens (tertiary/aromatic N) is 1. The van der Waals surface area contributed by atoms with Gasteiger partial charge >= 0.3 is 5.97 Å². The summed E-state index contributed by atoms with van der Waals surface area (Å²) in [4.78, 5) is 11.1. The predicted molar refractivity (Wildman–Crippen MR) is 82.3 cm³/mol. The maximum absolute atomic E-state index is 11.1. The third kappa shape index (κ3) is 2.58. The molecule has 1 heterocycles. The lowest BCUT2D eigenvalue weighted by Crippen LogP contribution is -2.21. The number of aryl methyl sites for hydroxylation is 1. The first-order chi connectivity index (χ1) is 9.22. The fourth-order valence-corrected chi connectivity index (χ4v) is 2.78. The number of hydrogen-bond acceptors (Lipinski definition) is 1. The summed E-state index contributed by atoms with van der Waals surface area (Å²) >= 11 is 0. The van der Waals surface area contributed by atoms with Gasteiger partial charge < -0.3 is 9.67 Å². The number of aliphatic carboxylic acids is 1. The number of rotatable bonds is 4. The first kappa shape index (κ1) is 14.6. The number of benzene rings is 1. The summed E-state index contributed by atoms with van der Waals surface area (Å²) in [7, 11) is 2.01. The third-order valence-corrected chi connectivity index (χ3v) is 4.00. The van der Waals surface area contributed by atoms with Gasteiger partial charge in [-0.1, -0.05) is 33.8 Å². The highest BCUT2D eigenvalue weighted by atomic mass is 16.4. The molecule has 0 unspecified atom stereocenters. The quantitative estimate of drug-likeness (QED) is 0.913.